The third-order valence-corrected chi connectivity index (χ3v) is 6.26. The highest BCUT2D eigenvalue weighted by Gasteiger charge is 2.46. The number of carbonyl (C=O) groups excluding carboxylic acids is 1. The summed E-state index contributed by atoms with van der Waals surface area (Å²) in [7, 11) is 2.17. The van der Waals surface area contributed by atoms with Crippen LogP contribution in [0.4, 0.5) is 0 Å². The van der Waals surface area contributed by atoms with Crippen molar-refractivity contribution in [3.63, 3.8) is 0 Å². The molecule has 0 spiro atoms. The summed E-state index contributed by atoms with van der Waals surface area (Å²) < 4.78 is 8.00. The van der Waals surface area contributed by atoms with E-state index in [2.05, 4.69) is 41.2 Å². The van der Waals surface area contributed by atoms with Crippen molar-refractivity contribution in [1.82, 2.24) is 9.88 Å². The molecule has 1 saturated heterocycles. The monoisotopic (exact) mass is 322 g/mol. The number of nitrogens with one attached hydrogen (secondary N) is 1. The molecule has 4 nitrogen and oxygen atoms in total. The zero-order valence-corrected chi connectivity index (χ0v) is 14.1. The number of rotatable bonds is 1. The SMILES string of the molecule is CC(=O)C1=COC[C@H]2[C@@H]3Cc4c(n(C)c5ccccc45)[C@H](C[C@@H]12)N3. The number of Topliss-reactive ketones (excluding diaryl/α,β-unsaturated/α-hetero) is 1. The molecule has 4 atom stereocenters. The lowest BCUT2D eigenvalue weighted by atomic mass is 9.68. The first-order valence-corrected chi connectivity index (χ1v) is 8.80. The van der Waals surface area contributed by atoms with E-state index in [0.29, 0.717) is 30.5 Å². The first kappa shape index (κ1) is 14.3. The maximum absolute atomic E-state index is 12.1. The molecule has 0 saturated carbocycles. The lowest BCUT2D eigenvalue weighted by molar-refractivity contribution is -0.115. The standard InChI is InChI=1S/C20H22N2O2/c1-11(23)15-9-24-10-16-13(15)7-18-20-14(8-17(16)21-18)12-5-3-4-6-19(12)22(20)2/h3-6,9,13,16-18,21H,7-8,10H2,1-2H3/t13-,16+,17-,18-/m0/s1. The lowest BCUT2D eigenvalue weighted by Crippen LogP contribution is -2.55. The Hall–Kier alpha value is -2.07. The van der Waals surface area contributed by atoms with Gasteiger partial charge in [0.25, 0.3) is 0 Å². The van der Waals surface area contributed by atoms with Gasteiger partial charge in [0.2, 0.25) is 0 Å². The zero-order valence-electron chi connectivity index (χ0n) is 14.1. The number of ether oxygens (including phenoxy) is 1. The summed E-state index contributed by atoms with van der Waals surface area (Å²) in [4.78, 5) is 12.1. The molecule has 0 aliphatic carbocycles. The number of allylic oxidation sites excluding steroid dienone is 1. The summed E-state index contributed by atoms with van der Waals surface area (Å²) in [6, 6.07) is 9.38. The summed E-state index contributed by atoms with van der Waals surface area (Å²) >= 11 is 0. The molecular weight excluding hydrogens is 300 g/mol. The number of aryl methyl sites for hydroxylation is 1. The number of ketones is 1. The van der Waals surface area contributed by atoms with Crippen LogP contribution in [0.1, 0.15) is 30.6 Å². The summed E-state index contributed by atoms with van der Waals surface area (Å²) in [6.45, 7) is 2.38. The summed E-state index contributed by atoms with van der Waals surface area (Å²) in [5.74, 6) is 0.859. The van der Waals surface area contributed by atoms with Gasteiger partial charge in [0.05, 0.1) is 12.9 Å². The highest BCUT2D eigenvalue weighted by atomic mass is 16.5. The molecule has 124 valence electrons. The fourth-order valence-corrected chi connectivity index (χ4v) is 5.20. The minimum atomic E-state index is 0.155. The molecule has 1 N–H and O–H groups in total. The van der Waals surface area contributed by atoms with Crippen LogP contribution in [-0.4, -0.2) is 23.0 Å². The Morgan fingerprint density at radius 1 is 1.33 bits per heavy atom. The molecule has 0 radical (unpaired) electrons. The van der Waals surface area contributed by atoms with Gasteiger partial charge in [-0.15, -0.1) is 0 Å². The smallest absolute Gasteiger partial charge is 0.159 e. The van der Waals surface area contributed by atoms with Gasteiger partial charge in [-0.1, -0.05) is 18.2 Å². The van der Waals surface area contributed by atoms with Crippen molar-refractivity contribution >= 4 is 16.7 Å². The minimum absolute atomic E-state index is 0.155. The summed E-state index contributed by atoms with van der Waals surface area (Å²) in [5, 5.41) is 5.21. The fourth-order valence-electron chi connectivity index (χ4n) is 5.20. The molecule has 5 rings (SSSR count). The van der Waals surface area contributed by atoms with Gasteiger partial charge >= 0.3 is 0 Å². The topological polar surface area (TPSA) is 43.3 Å². The molecule has 4 heteroatoms. The van der Waals surface area contributed by atoms with E-state index < -0.39 is 0 Å². The molecule has 1 aromatic heterocycles. The van der Waals surface area contributed by atoms with Gasteiger partial charge in [0.1, 0.15) is 0 Å². The molecule has 4 heterocycles. The second-order valence-electron chi connectivity index (χ2n) is 7.44. The molecule has 0 unspecified atom stereocenters. The van der Waals surface area contributed by atoms with Crippen molar-refractivity contribution in [3.05, 3.63) is 47.4 Å². The van der Waals surface area contributed by atoms with E-state index in [1.165, 1.54) is 22.2 Å². The van der Waals surface area contributed by atoms with Crippen molar-refractivity contribution in [1.29, 1.82) is 0 Å². The molecule has 1 fully saturated rings. The number of carbonyl (C=O) groups is 1. The van der Waals surface area contributed by atoms with Gasteiger partial charge in [0, 0.05) is 47.2 Å². The van der Waals surface area contributed by atoms with Crippen LogP contribution in [0, 0.1) is 11.8 Å². The Morgan fingerprint density at radius 3 is 3.00 bits per heavy atom. The van der Waals surface area contributed by atoms with Crippen LogP contribution in [-0.2, 0) is 23.0 Å². The number of hydrogen-bond donors (Lipinski definition) is 1. The van der Waals surface area contributed by atoms with Crippen molar-refractivity contribution < 1.29 is 9.53 Å². The Kier molecular flexibility index (Phi) is 2.95. The Labute approximate surface area is 141 Å². The van der Waals surface area contributed by atoms with E-state index in [-0.39, 0.29) is 5.78 Å². The van der Waals surface area contributed by atoms with Crippen LogP contribution >= 0.6 is 0 Å². The molecule has 24 heavy (non-hydrogen) atoms. The third kappa shape index (κ3) is 1.80. The largest absolute Gasteiger partial charge is 0.500 e. The maximum Gasteiger partial charge on any atom is 0.159 e. The molecule has 0 amide bonds. The first-order valence-electron chi connectivity index (χ1n) is 8.80. The first-order chi connectivity index (χ1) is 11.6. The maximum atomic E-state index is 12.1. The van der Waals surface area contributed by atoms with Crippen LogP contribution in [0.15, 0.2) is 36.1 Å². The number of fused-ring (bicyclic) bond motifs is 8. The minimum Gasteiger partial charge on any atom is -0.500 e. The highest BCUT2D eigenvalue weighted by Crippen LogP contribution is 2.47. The van der Waals surface area contributed by atoms with Gasteiger partial charge in [-0.05, 0) is 37.3 Å². The predicted octanol–water partition coefficient (Wildman–Crippen LogP) is 2.87. The molecule has 2 aromatic rings. The molecule has 2 bridgehead atoms. The van der Waals surface area contributed by atoms with Gasteiger partial charge in [-0.25, -0.2) is 0 Å². The van der Waals surface area contributed by atoms with E-state index >= 15 is 0 Å². The Balaban J connectivity index is 1.65. The van der Waals surface area contributed by atoms with Crippen LogP contribution < -0.4 is 5.32 Å². The molecule has 3 aliphatic rings. The lowest BCUT2D eigenvalue weighted by Gasteiger charge is -2.48. The van der Waals surface area contributed by atoms with Crippen molar-refractivity contribution in [3.8, 4) is 0 Å². The number of benzene rings is 1. The van der Waals surface area contributed by atoms with Gasteiger partial charge < -0.3 is 14.6 Å². The zero-order chi connectivity index (χ0) is 16.4. The predicted molar refractivity (Wildman–Crippen MR) is 92.6 cm³/mol. The molecular formula is C20H22N2O2. The highest BCUT2D eigenvalue weighted by molar-refractivity contribution is 5.93. The quantitative estimate of drug-likeness (QED) is 0.878. The van der Waals surface area contributed by atoms with E-state index in [9.17, 15) is 4.79 Å². The summed E-state index contributed by atoms with van der Waals surface area (Å²) in [5.41, 5.74) is 5.07. The van der Waals surface area contributed by atoms with E-state index in [0.717, 1.165) is 18.4 Å². The number of hydrogen-bond acceptors (Lipinski definition) is 3. The number of piperidine rings is 1. The van der Waals surface area contributed by atoms with Crippen molar-refractivity contribution in [2.24, 2.45) is 18.9 Å². The number of nitrogens with zero attached hydrogens (tertiary/aromatic N) is 1. The number of aromatic nitrogens is 1. The van der Waals surface area contributed by atoms with Crippen LogP contribution in [0.2, 0.25) is 0 Å². The van der Waals surface area contributed by atoms with Crippen molar-refractivity contribution in [2.45, 2.75) is 31.8 Å². The molecule has 3 aliphatic heterocycles. The van der Waals surface area contributed by atoms with Crippen molar-refractivity contribution in [2.75, 3.05) is 6.61 Å². The van der Waals surface area contributed by atoms with E-state index in [4.69, 9.17) is 4.74 Å². The van der Waals surface area contributed by atoms with Gasteiger partial charge in [0.15, 0.2) is 5.78 Å². The van der Waals surface area contributed by atoms with Crippen LogP contribution in [0.5, 0.6) is 0 Å². The second-order valence-corrected chi connectivity index (χ2v) is 7.44. The molecule has 1 aromatic carbocycles. The third-order valence-electron chi connectivity index (χ3n) is 6.26. The van der Waals surface area contributed by atoms with Crippen LogP contribution in [0.3, 0.4) is 0 Å². The number of para-hydroxylation sites is 1. The average molecular weight is 322 g/mol. The van der Waals surface area contributed by atoms with Gasteiger partial charge in [-0.3, -0.25) is 4.79 Å². The normalized spacial score (nSPS) is 31.0. The summed E-state index contributed by atoms with van der Waals surface area (Å²) in [6.07, 6.45) is 3.71. The van der Waals surface area contributed by atoms with E-state index in [1.54, 1.807) is 13.2 Å². The fraction of sp³-hybridized carbons (Fsp3) is 0.450. The average Bonchev–Trinajstić information content (AvgIpc) is 2.88. The van der Waals surface area contributed by atoms with Gasteiger partial charge in [-0.2, -0.15) is 0 Å². The van der Waals surface area contributed by atoms with E-state index in [1.807, 2.05) is 0 Å². The second kappa shape index (κ2) is 4.96. The van der Waals surface area contributed by atoms with Crippen LogP contribution in [0.25, 0.3) is 10.9 Å². The Morgan fingerprint density at radius 2 is 2.17 bits per heavy atom. The Bertz CT molecular complexity index is 879.